The van der Waals surface area contributed by atoms with Crippen molar-refractivity contribution >= 4 is 11.6 Å². The first-order valence-corrected chi connectivity index (χ1v) is 6.80. The number of carbonyl (C=O) groups is 1. The van der Waals surface area contributed by atoms with Crippen LogP contribution in [0.25, 0.3) is 0 Å². The van der Waals surface area contributed by atoms with E-state index < -0.39 is 0 Å². The van der Waals surface area contributed by atoms with Crippen molar-refractivity contribution in [3.05, 3.63) is 42.2 Å². The summed E-state index contributed by atoms with van der Waals surface area (Å²) in [5.74, 6) is 0.639. The molecule has 2 N–H and O–H groups in total. The number of carbonyl (C=O) groups excluding carboxylic acids is 1. The van der Waals surface area contributed by atoms with Crippen LogP contribution in [0.4, 0.5) is 5.69 Å². The zero-order chi connectivity index (χ0) is 15.1. The summed E-state index contributed by atoms with van der Waals surface area (Å²) >= 11 is 0. The van der Waals surface area contributed by atoms with Crippen molar-refractivity contribution in [1.29, 1.82) is 0 Å². The summed E-state index contributed by atoms with van der Waals surface area (Å²) in [7, 11) is 3.48. The largest absolute Gasteiger partial charge is 0.497 e. The van der Waals surface area contributed by atoms with E-state index in [1.165, 1.54) is 0 Å². The predicted octanol–water partition coefficient (Wildman–Crippen LogP) is 1.20. The van der Waals surface area contributed by atoms with E-state index >= 15 is 0 Å². The maximum atomic E-state index is 11.8. The molecule has 1 amide bonds. The molecule has 21 heavy (non-hydrogen) atoms. The summed E-state index contributed by atoms with van der Waals surface area (Å²) in [6.07, 6.45) is 2.71. The lowest BCUT2D eigenvalue weighted by Crippen LogP contribution is -2.29. The monoisotopic (exact) mass is 288 g/mol. The van der Waals surface area contributed by atoms with E-state index in [-0.39, 0.29) is 12.5 Å². The summed E-state index contributed by atoms with van der Waals surface area (Å²) < 4.78 is 6.88. The molecular formula is C15H20N4O2. The number of ether oxygens (including phenoxy) is 1. The molecule has 6 heteroatoms. The summed E-state index contributed by atoms with van der Waals surface area (Å²) in [6, 6.07) is 9.25. The van der Waals surface area contributed by atoms with Gasteiger partial charge < -0.3 is 15.4 Å². The van der Waals surface area contributed by atoms with Crippen LogP contribution in [0.1, 0.15) is 5.69 Å². The van der Waals surface area contributed by atoms with E-state index in [2.05, 4.69) is 15.7 Å². The van der Waals surface area contributed by atoms with Gasteiger partial charge in [0.2, 0.25) is 5.91 Å². The molecule has 0 bridgehead atoms. The van der Waals surface area contributed by atoms with Gasteiger partial charge >= 0.3 is 0 Å². The summed E-state index contributed by atoms with van der Waals surface area (Å²) in [5, 5.41) is 10.2. The van der Waals surface area contributed by atoms with E-state index in [4.69, 9.17) is 4.74 Å². The number of aryl methyl sites for hydroxylation is 1. The average Bonchev–Trinajstić information content (AvgIpc) is 2.89. The Morgan fingerprint density at radius 3 is 2.95 bits per heavy atom. The third-order valence-electron chi connectivity index (χ3n) is 2.97. The van der Waals surface area contributed by atoms with Gasteiger partial charge in [0, 0.05) is 38.0 Å². The molecule has 1 aromatic heterocycles. The number of rotatable bonds is 7. The molecule has 1 aromatic carbocycles. The standard InChI is InChI=1S/C15H20N4O2/c1-19-9-7-12(18-19)6-8-16-11-15(20)17-13-4-3-5-14(10-13)21-2/h3-5,7,9-10,16H,6,8,11H2,1-2H3,(H,17,20). The van der Waals surface area contributed by atoms with Crippen LogP contribution in [-0.4, -0.2) is 35.9 Å². The number of anilines is 1. The Labute approximate surface area is 124 Å². The van der Waals surface area contributed by atoms with Crippen LogP contribution < -0.4 is 15.4 Å². The van der Waals surface area contributed by atoms with Crippen molar-refractivity contribution in [2.75, 3.05) is 25.5 Å². The molecule has 0 saturated heterocycles. The van der Waals surface area contributed by atoms with E-state index in [9.17, 15) is 4.79 Å². The number of nitrogens with one attached hydrogen (secondary N) is 2. The second-order valence-electron chi connectivity index (χ2n) is 4.69. The van der Waals surface area contributed by atoms with Gasteiger partial charge in [0.1, 0.15) is 5.75 Å². The maximum absolute atomic E-state index is 11.8. The summed E-state index contributed by atoms with van der Waals surface area (Å²) in [6.45, 7) is 0.979. The molecule has 6 nitrogen and oxygen atoms in total. The molecule has 0 unspecified atom stereocenters. The van der Waals surface area contributed by atoms with Crippen molar-refractivity contribution in [3.8, 4) is 5.75 Å². The first-order chi connectivity index (χ1) is 10.2. The summed E-state index contributed by atoms with van der Waals surface area (Å²) in [5.41, 5.74) is 1.74. The van der Waals surface area contributed by atoms with Crippen LogP contribution in [0, 0.1) is 0 Å². The molecular weight excluding hydrogens is 268 g/mol. The van der Waals surface area contributed by atoms with Crippen molar-refractivity contribution in [1.82, 2.24) is 15.1 Å². The van der Waals surface area contributed by atoms with E-state index in [1.54, 1.807) is 17.9 Å². The van der Waals surface area contributed by atoms with Crippen molar-refractivity contribution in [3.63, 3.8) is 0 Å². The number of aromatic nitrogens is 2. The Kier molecular flexibility index (Phi) is 5.34. The molecule has 0 fully saturated rings. The molecule has 0 radical (unpaired) electrons. The Hall–Kier alpha value is -2.34. The van der Waals surface area contributed by atoms with Crippen LogP contribution in [0.5, 0.6) is 5.75 Å². The van der Waals surface area contributed by atoms with Crippen molar-refractivity contribution < 1.29 is 9.53 Å². The molecule has 2 aromatic rings. The SMILES string of the molecule is COc1cccc(NC(=O)CNCCc2ccn(C)n2)c1. The van der Waals surface area contributed by atoms with Crippen LogP contribution in [0.2, 0.25) is 0 Å². The molecule has 0 aliphatic rings. The number of nitrogens with zero attached hydrogens (tertiary/aromatic N) is 2. The van der Waals surface area contributed by atoms with Crippen molar-refractivity contribution in [2.24, 2.45) is 7.05 Å². The molecule has 0 saturated carbocycles. The quantitative estimate of drug-likeness (QED) is 0.751. The minimum Gasteiger partial charge on any atom is -0.497 e. The van der Waals surface area contributed by atoms with Gasteiger partial charge in [0.15, 0.2) is 0 Å². The smallest absolute Gasteiger partial charge is 0.238 e. The topological polar surface area (TPSA) is 68.2 Å². The van der Waals surface area contributed by atoms with Gasteiger partial charge in [-0.15, -0.1) is 0 Å². The van der Waals surface area contributed by atoms with Gasteiger partial charge in [-0.25, -0.2) is 0 Å². The van der Waals surface area contributed by atoms with Crippen molar-refractivity contribution in [2.45, 2.75) is 6.42 Å². The molecule has 112 valence electrons. The van der Waals surface area contributed by atoms with E-state index in [0.717, 1.165) is 23.6 Å². The molecule has 1 heterocycles. The van der Waals surface area contributed by atoms with Crippen LogP contribution in [-0.2, 0) is 18.3 Å². The molecule has 0 aliphatic heterocycles. The summed E-state index contributed by atoms with van der Waals surface area (Å²) in [4.78, 5) is 11.8. The zero-order valence-electron chi connectivity index (χ0n) is 12.3. The van der Waals surface area contributed by atoms with Crippen LogP contribution in [0.15, 0.2) is 36.5 Å². The van der Waals surface area contributed by atoms with Gasteiger partial charge in [0.25, 0.3) is 0 Å². The minimum atomic E-state index is -0.0794. The lowest BCUT2D eigenvalue weighted by molar-refractivity contribution is -0.115. The Morgan fingerprint density at radius 1 is 1.38 bits per heavy atom. The number of hydrogen-bond donors (Lipinski definition) is 2. The third kappa shape index (κ3) is 4.92. The first kappa shape index (κ1) is 15.1. The fraction of sp³-hybridized carbons (Fsp3) is 0.333. The zero-order valence-corrected chi connectivity index (χ0v) is 12.3. The maximum Gasteiger partial charge on any atom is 0.238 e. The van der Waals surface area contributed by atoms with Gasteiger partial charge in [-0.3, -0.25) is 9.48 Å². The minimum absolute atomic E-state index is 0.0794. The first-order valence-electron chi connectivity index (χ1n) is 6.80. The second-order valence-corrected chi connectivity index (χ2v) is 4.69. The normalized spacial score (nSPS) is 10.4. The highest BCUT2D eigenvalue weighted by molar-refractivity contribution is 5.92. The van der Waals surface area contributed by atoms with Gasteiger partial charge in [0.05, 0.1) is 19.3 Å². The third-order valence-corrected chi connectivity index (χ3v) is 2.97. The number of benzene rings is 1. The Bertz CT molecular complexity index is 595. The number of methoxy groups -OCH3 is 1. The lowest BCUT2D eigenvalue weighted by atomic mass is 10.3. The average molecular weight is 288 g/mol. The highest BCUT2D eigenvalue weighted by atomic mass is 16.5. The van der Waals surface area contributed by atoms with Gasteiger partial charge in [-0.1, -0.05) is 6.07 Å². The molecule has 0 atom stereocenters. The van der Waals surface area contributed by atoms with E-state index in [1.807, 2.05) is 37.5 Å². The van der Waals surface area contributed by atoms with Gasteiger partial charge in [-0.05, 0) is 18.2 Å². The fourth-order valence-corrected chi connectivity index (χ4v) is 1.92. The number of amides is 1. The lowest BCUT2D eigenvalue weighted by Gasteiger charge is -2.07. The highest BCUT2D eigenvalue weighted by Gasteiger charge is 2.03. The van der Waals surface area contributed by atoms with E-state index in [0.29, 0.717) is 6.54 Å². The van der Waals surface area contributed by atoms with Gasteiger partial charge in [-0.2, -0.15) is 5.10 Å². The highest BCUT2D eigenvalue weighted by Crippen LogP contribution is 2.16. The fourth-order valence-electron chi connectivity index (χ4n) is 1.92. The number of hydrogen-bond acceptors (Lipinski definition) is 4. The van der Waals surface area contributed by atoms with Crippen LogP contribution >= 0.6 is 0 Å². The molecule has 2 rings (SSSR count). The Morgan fingerprint density at radius 2 is 2.24 bits per heavy atom. The van der Waals surface area contributed by atoms with Crippen LogP contribution in [0.3, 0.4) is 0 Å². The molecule has 0 aliphatic carbocycles. The molecule has 0 spiro atoms. The second kappa shape index (κ2) is 7.44. The predicted molar refractivity (Wildman–Crippen MR) is 81.4 cm³/mol. The Balaban J connectivity index is 1.69.